The number of carboxylic acids is 3. The van der Waals surface area contributed by atoms with Gasteiger partial charge in [0.15, 0.2) is 5.96 Å². The number of aliphatic imine (C=N–C) groups is 1. The zero-order valence-electron chi connectivity index (χ0n) is 27.3. The average molecular weight is 702 g/mol. The molecule has 1 rings (SSSR count). The second kappa shape index (κ2) is 20.3. The van der Waals surface area contributed by atoms with Crippen LogP contribution in [0, 0.1) is 5.92 Å². The molecule has 21 heteroatoms. The number of aliphatic carboxylic acids is 3. The smallest absolute Gasteiger partial charge is 0.326 e. The topological polar surface area (TPSA) is 359 Å². The molecule has 21 nitrogen and oxygen atoms in total. The van der Waals surface area contributed by atoms with Gasteiger partial charge in [0.1, 0.15) is 30.2 Å². The number of aliphatic hydroxyl groups excluding tert-OH is 1. The maximum Gasteiger partial charge on any atom is 0.326 e. The molecule has 1 saturated heterocycles. The molecule has 1 fully saturated rings. The molecule has 0 aromatic heterocycles. The number of hydrogen-bond donors (Lipinski definition) is 11. The Morgan fingerprint density at radius 2 is 1.37 bits per heavy atom. The quantitative estimate of drug-likeness (QED) is 0.0304. The van der Waals surface area contributed by atoms with Crippen LogP contribution in [0.1, 0.15) is 58.8 Å². The summed E-state index contributed by atoms with van der Waals surface area (Å²) in [6.07, 6.45) is -0.726. The second-order valence-corrected chi connectivity index (χ2v) is 11.8. The molecule has 0 aromatic carbocycles. The number of amides is 5. The number of nitrogens with one attached hydrogen (secondary N) is 4. The van der Waals surface area contributed by atoms with Crippen molar-refractivity contribution in [3.05, 3.63) is 0 Å². The number of nitrogens with two attached hydrogens (primary N) is 3. The van der Waals surface area contributed by atoms with Crippen LogP contribution in [0.25, 0.3) is 0 Å². The van der Waals surface area contributed by atoms with E-state index in [0.717, 1.165) is 0 Å². The van der Waals surface area contributed by atoms with Crippen molar-refractivity contribution in [2.75, 3.05) is 19.7 Å². The second-order valence-electron chi connectivity index (χ2n) is 11.8. The molecule has 0 spiro atoms. The molecular formula is C28H47N9O12. The third-order valence-corrected chi connectivity index (χ3v) is 7.29. The van der Waals surface area contributed by atoms with Crippen molar-refractivity contribution in [3.8, 4) is 0 Å². The molecule has 1 aliphatic heterocycles. The van der Waals surface area contributed by atoms with E-state index in [4.69, 9.17) is 22.3 Å². The first-order valence-corrected chi connectivity index (χ1v) is 15.5. The lowest BCUT2D eigenvalue weighted by atomic mass is 10.0. The summed E-state index contributed by atoms with van der Waals surface area (Å²) < 4.78 is 0. The first-order valence-electron chi connectivity index (χ1n) is 15.5. The number of carbonyl (C=O) groups excluding carboxylic acids is 5. The van der Waals surface area contributed by atoms with E-state index in [-0.39, 0.29) is 44.2 Å². The highest BCUT2D eigenvalue weighted by Crippen LogP contribution is 2.21. The van der Waals surface area contributed by atoms with E-state index in [9.17, 15) is 53.7 Å². The Kier molecular flexibility index (Phi) is 17.4. The molecule has 276 valence electrons. The maximum absolute atomic E-state index is 13.6. The van der Waals surface area contributed by atoms with E-state index in [1.165, 1.54) is 4.90 Å². The predicted molar refractivity (Wildman–Crippen MR) is 169 cm³/mol. The Hall–Kier alpha value is -5.05. The van der Waals surface area contributed by atoms with Crippen molar-refractivity contribution in [2.24, 2.45) is 28.1 Å². The molecule has 14 N–H and O–H groups in total. The first kappa shape index (κ1) is 42.0. The van der Waals surface area contributed by atoms with Crippen LogP contribution in [-0.2, 0) is 38.4 Å². The van der Waals surface area contributed by atoms with Gasteiger partial charge >= 0.3 is 17.9 Å². The largest absolute Gasteiger partial charge is 0.481 e. The van der Waals surface area contributed by atoms with E-state index >= 15 is 0 Å². The lowest BCUT2D eigenvalue weighted by molar-refractivity contribution is -0.148. The number of carbonyl (C=O) groups is 8. The van der Waals surface area contributed by atoms with Gasteiger partial charge in [-0.1, -0.05) is 13.8 Å². The van der Waals surface area contributed by atoms with E-state index in [1.807, 2.05) is 24.5 Å². The molecule has 0 aliphatic carbocycles. The van der Waals surface area contributed by atoms with Crippen molar-refractivity contribution in [3.63, 3.8) is 0 Å². The first-order chi connectivity index (χ1) is 22.9. The third kappa shape index (κ3) is 14.7. The summed E-state index contributed by atoms with van der Waals surface area (Å²) in [6.45, 7) is 3.01. The number of likely N-dealkylation sites (tertiary alicyclic amines) is 1. The maximum atomic E-state index is 13.6. The number of rotatable bonds is 21. The van der Waals surface area contributed by atoms with Gasteiger partial charge in [0.05, 0.1) is 25.5 Å². The minimum Gasteiger partial charge on any atom is -0.481 e. The highest BCUT2D eigenvalue weighted by atomic mass is 16.4. The van der Waals surface area contributed by atoms with Crippen LogP contribution in [-0.4, -0.2) is 135 Å². The van der Waals surface area contributed by atoms with Gasteiger partial charge in [-0.25, -0.2) is 4.79 Å². The minimum atomic E-state index is -1.95. The van der Waals surface area contributed by atoms with Gasteiger partial charge in [0.2, 0.25) is 29.5 Å². The summed E-state index contributed by atoms with van der Waals surface area (Å²) in [6, 6.07) is -8.76. The third-order valence-electron chi connectivity index (χ3n) is 7.29. The van der Waals surface area contributed by atoms with Crippen molar-refractivity contribution in [1.82, 2.24) is 26.2 Å². The minimum absolute atomic E-state index is 0.0597. The van der Waals surface area contributed by atoms with Gasteiger partial charge in [0, 0.05) is 13.1 Å². The van der Waals surface area contributed by atoms with Crippen LogP contribution in [0.15, 0.2) is 4.99 Å². The molecule has 1 heterocycles. The lowest BCUT2D eigenvalue weighted by Crippen LogP contribution is -2.60. The van der Waals surface area contributed by atoms with Crippen LogP contribution in [0.3, 0.4) is 0 Å². The van der Waals surface area contributed by atoms with Gasteiger partial charge in [-0.3, -0.25) is 38.6 Å². The monoisotopic (exact) mass is 701 g/mol. The van der Waals surface area contributed by atoms with Crippen LogP contribution < -0.4 is 38.5 Å². The van der Waals surface area contributed by atoms with Crippen LogP contribution in [0.5, 0.6) is 0 Å². The molecule has 49 heavy (non-hydrogen) atoms. The average Bonchev–Trinajstić information content (AvgIpc) is 3.49. The van der Waals surface area contributed by atoms with Gasteiger partial charge in [-0.2, -0.15) is 0 Å². The molecular weight excluding hydrogens is 654 g/mol. The van der Waals surface area contributed by atoms with Gasteiger partial charge in [0.25, 0.3) is 0 Å². The molecule has 0 aromatic rings. The molecule has 6 unspecified atom stereocenters. The Bertz CT molecular complexity index is 1260. The van der Waals surface area contributed by atoms with Gasteiger partial charge in [-0.15, -0.1) is 0 Å². The van der Waals surface area contributed by atoms with Gasteiger partial charge in [-0.05, 0) is 38.0 Å². The summed E-state index contributed by atoms with van der Waals surface area (Å²) in [5.74, 6) is -9.67. The Labute approximate surface area is 281 Å². The molecule has 0 radical (unpaired) electrons. The van der Waals surface area contributed by atoms with E-state index < -0.39 is 103 Å². The highest BCUT2D eigenvalue weighted by Gasteiger charge is 2.40. The predicted octanol–water partition coefficient (Wildman–Crippen LogP) is -4.63. The number of guanidine groups is 1. The van der Waals surface area contributed by atoms with Crippen LogP contribution >= 0.6 is 0 Å². The van der Waals surface area contributed by atoms with Crippen molar-refractivity contribution in [1.29, 1.82) is 0 Å². The number of hydrogen-bond acceptors (Lipinski definition) is 11. The van der Waals surface area contributed by atoms with Crippen LogP contribution in [0.4, 0.5) is 0 Å². The Balaban J connectivity index is 3.03. The van der Waals surface area contributed by atoms with E-state index in [2.05, 4.69) is 15.6 Å². The fourth-order valence-electron chi connectivity index (χ4n) is 4.89. The summed E-state index contributed by atoms with van der Waals surface area (Å²) in [5.41, 5.74) is 16.6. The lowest BCUT2D eigenvalue weighted by Gasteiger charge is -2.31. The summed E-state index contributed by atoms with van der Waals surface area (Å²) in [5, 5.41) is 45.9. The molecule has 6 atom stereocenters. The Morgan fingerprint density at radius 1 is 0.816 bits per heavy atom. The zero-order chi connectivity index (χ0) is 37.4. The van der Waals surface area contributed by atoms with Crippen molar-refractivity contribution in [2.45, 2.75) is 95.0 Å². The van der Waals surface area contributed by atoms with Crippen LogP contribution in [0.2, 0.25) is 0 Å². The summed E-state index contributed by atoms with van der Waals surface area (Å²) >= 11 is 0. The van der Waals surface area contributed by atoms with Crippen molar-refractivity contribution >= 4 is 53.4 Å². The molecule has 5 amide bonds. The van der Waals surface area contributed by atoms with Crippen molar-refractivity contribution < 1.29 is 58.8 Å². The SMILES string of the molecule is CC(C)CC(NC(=O)C(N)CCCN=C(N)N)C(=O)N1CCCC1C(=O)NC(CO)C(=O)NC(CC(=O)O)C(=O)NC(CC(=O)O)C(=O)O. The molecule has 0 bridgehead atoms. The van der Waals surface area contributed by atoms with E-state index in [0.29, 0.717) is 12.8 Å². The Morgan fingerprint density at radius 3 is 1.90 bits per heavy atom. The van der Waals surface area contributed by atoms with Gasteiger partial charge < -0.3 is 63.8 Å². The zero-order valence-corrected chi connectivity index (χ0v) is 27.3. The number of nitrogens with zero attached hydrogens (tertiary/aromatic N) is 2. The normalized spacial score (nSPS) is 17.1. The fraction of sp³-hybridized carbons (Fsp3) is 0.679. The molecule has 1 aliphatic rings. The molecule has 0 saturated carbocycles. The van der Waals surface area contributed by atoms with E-state index in [1.54, 1.807) is 0 Å². The standard InChI is InChI=1S/C28H47N9O12/c1-13(2)9-16(34-22(43)14(29)5-3-7-32-28(30)31)26(47)37-8-4-6-19(37)25(46)36-18(12-38)24(45)33-15(10-20(39)40)23(44)35-17(27(48)49)11-21(41)42/h13-19,38H,3-12,29H2,1-2H3,(H,33,45)(H,34,43)(H,35,44)(H,36,46)(H,39,40)(H,41,42)(H,48,49)(H4,30,31,32). The summed E-state index contributed by atoms with van der Waals surface area (Å²) in [7, 11) is 0. The fourth-order valence-corrected chi connectivity index (χ4v) is 4.89. The number of aliphatic hydroxyl groups is 1. The highest BCUT2D eigenvalue weighted by molar-refractivity contribution is 5.97. The number of carboxylic acid groups (broad SMARTS) is 3. The summed E-state index contributed by atoms with van der Waals surface area (Å²) in [4.78, 5) is 104.